The Morgan fingerprint density at radius 1 is 1.16 bits per heavy atom. The van der Waals surface area contributed by atoms with Gasteiger partial charge in [-0.15, -0.1) is 0 Å². The van der Waals surface area contributed by atoms with Crippen LogP contribution in [0.2, 0.25) is 0 Å². The second-order valence-corrected chi connectivity index (χ2v) is 12.6. The van der Waals surface area contributed by atoms with Crippen LogP contribution < -0.4 is 10.2 Å². The third-order valence-corrected chi connectivity index (χ3v) is 9.22. The number of nitrogens with zero attached hydrogens (tertiary/aromatic N) is 3. The van der Waals surface area contributed by atoms with Crippen LogP contribution in [-0.2, 0) is 11.0 Å². The molecule has 1 aromatic heterocycles. The van der Waals surface area contributed by atoms with Gasteiger partial charge in [0.15, 0.2) is 0 Å². The van der Waals surface area contributed by atoms with Crippen molar-refractivity contribution in [3.63, 3.8) is 0 Å². The number of benzene rings is 1. The topological polar surface area (TPSA) is 123 Å². The third-order valence-electron chi connectivity index (χ3n) is 7.54. The van der Waals surface area contributed by atoms with Crippen LogP contribution in [0.1, 0.15) is 56.1 Å². The van der Waals surface area contributed by atoms with Crippen molar-refractivity contribution in [1.29, 1.82) is 5.26 Å². The van der Waals surface area contributed by atoms with Crippen molar-refractivity contribution in [2.75, 3.05) is 29.5 Å². The molecule has 1 amide bonds. The monoisotopic (exact) mass is 538 g/mol. The molecule has 3 aliphatic rings. The smallest absolute Gasteiger partial charge is 0.437 e. The molecule has 8 nitrogen and oxygen atoms in total. The number of amides is 1. The molecule has 0 unspecified atom stereocenters. The second-order valence-electron chi connectivity index (χ2n) is 10.2. The van der Waals surface area contributed by atoms with Crippen molar-refractivity contribution in [2.45, 2.75) is 56.2 Å². The molecule has 1 saturated heterocycles. The molecular formula is C25H29F3N4O4S. The first kappa shape index (κ1) is 25.9. The highest BCUT2D eigenvalue weighted by Gasteiger charge is 2.48. The zero-order valence-corrected chi connectivity index (χ0v) is 20.9. The van der Waals surface area contributed by atoms with Crippen molar-refractivity contribution < 1.29 is 31.5 Å². The molecule has 0 radical (unpaired) electrons. The number of nitriles is 1. The molecule has 0 bridgehead atoms. The summed E-state index contributed by atoms with van der Waals surface area (Å²) in [6, 6.07) is 9.02. The van der Waals surface area contributed by atoms with Gasteiger partial charge in [-0.05, 0) is 37.8 Å². The van der Waals surface area contributed by atoms with E-state index in [4.69, 9.17) is 4.42 Å². The standard InChI is InChI=1S/C25H29F3N4O4S/c26-25(27,28)23-30-20(16-5-7-17(8-6-16)32-11-13-37(34,35)14-12-32)21(36-23)18-3-1-2-4-19(18)22(33)31-24(15-29)9-10-24/h5-8,18-19,34-35H,1-4,9-14H2,(H,31,33)/t18-,19-/m1/s1. The van der Waals surface area contributed by atoms with Gasteiger partial charge in [0.1, 0.15) is 17.0 Å². The molecule has 12 heteroatoms. The highest BCUT2D eigenvalue weighted by molar-refractivity contribution is 8.24. The van der Waals surface area contributed by atoms with Gasteiger partial charge in [-0.3, -0.25) is 13.9 Å². The summed E-state index contributed by atoms with van der Waals surface area (Å²) >= 11 is 0. The normalized spacial score (nSPS) is 25.7. The Balaban J connectivity index is 1.45. The van der Waals surface area contributed by atoms with Crippen molar-refractivity contribution in [3.8, 4) is 17.3 Å². The third kappa shape index (κ3) is 5.44. The number of alkyl halides is 3. The first-order valence-electron chi connectivity index (χ1n) is 12.4. The van der Waals surface area contributed by atoms with Gasteiger partial charge in [0.25, 0.3) is 0 Å². The number of anilines is 1. The van der Waals surface area contributed by atoms with Crippen molar-refractivity contribution in [1.82, 2.24) is 10.3 Å². The first-order chi connectivity index (χ1) is 17.5. The predicted molar refractivity (Wildman–Crippen MR) is 132 cm³/mol. The lowest BCUT2D eigenvalue weighted by atomic mass is 9.76. The highest BCUT2D eigenvalue weighted by atomic mass is 32.3. The Labute approximate surface area is 214 Å². The molecule has 37 heavy (non-hydrogen) atoms. The quantitative estimate of drug-likeness (QED) is 0.467. The minimum Gasteiger partial charge on any atom is -0.437 e. The van der Waals surface area contributed by atoms with Crippen LogP contribution in [0.5, 0.6) is 0 Å². The van der Waals surface area contributed by atoms with Gasteiger partial charge < -0.3 is 14.6 Å². The maximum Gasteiger partial charge on any atom is 0.468 e. The van der Waals surface area contributed by atoms with Gasteiger partial charge in [0, 0.05) is 36.2 Å². The average molecular weight is 539 g/mol. The number of hydrogen-bond donors (Lipinski definition) is 3. The van der Waals surface area contributed by atoms with E-state index >= 15 is 0 Å². The zero-order chi connectivity index (χ0) is 26.4. The summed E-state index contributed by atoms with van der Waals surface area (Å²) in [5.74, 6) is -2.28. The summed E-state index contributed by atoms with van der Waals surface area (Å²) in [6.45, 7) is 0.941. The van der Waals surface area contributed by atoms with Gasteiger partial charge >= 0.3 is 12.1 Å². The fourth-order valence-corrected chi connectivity index (χ4v) is 6.43. The van der Waals surface area contributed by atoms with Gasteiger partial charge in [-0.2, -0.15) is 29.0 Å². The lowest BCUT2D eigenvalue weighted by molar-refractivity contribution is -0.157. The number of halogens is 3. The van der Waals surface area contributed by atoms with E-state index in [1.807, 2.05) is 4.90 Å². The van der Waals surface area contributed by atoms with E-state index in [1.165, 1.54) is 0 Å². The lowest BCUT2D eigenvalue weighted by Gasteiger charge is -2.41. The van der Waals surface area contributed by atoms with Crippen LogP contribution in [0.15, 0.2) is 28.7 Å². The summed E-state index contributed by atoms with van der Waals surface area (Å²) in [4.78, 5) is 19.0. The predicted octanol–water partition coefficient (Wildman–Crippen LogP) is 5.38. The minimum absolute atomic E-state index is 0.0497. The molecule has 200 valence electrons. The Morgan fingerprint density at radius 3 is 2.41 bits per heavy atom. The van der Waals surface area contributed by atoms with Gasteiger partial charge in [0.05, 0.1) is 17.6 Å². The van der Waals surface area contributed by atoms with Crippen LogP contribution in [0, 0.1) is 17.2 Å². The van der Waals surface area contributed by atoms with Crippen LogP contribution in [-0.4, -0.2) is 50.1 Å². The zero-order valence-electron chi connectivity index (χ0n) is 20.1. The molecule has 5 rings (SSSR count). The fourth-order valence-electron chi connectivity index (χ4n) is 5.20. The molecule has 2 aromatic rings. The second kappa shape index (κ2) is 9.53. The minimum atomic E-state index is -4.78. The molecule has 3 N–H and O–H groups in total. The van der Waals surface area contributed by atoms with Crippen LogP contribution >= 0.6 is 10.6 Å². The average Bonchev–Trinajstić information content (AvgIpc) is 3.49. The van der Waals surface area contributed by atoms with E-state index in [1.54, 1.807) is 24.3 Å². The Kier molecular flexibility index (Phi) is 6.66. The number of hydrogen-bond acceptors (Lipinski definition) is 7. The molecule has 2 atom stereocenters. The molecule has 3 fully saturated rings. The van der Waals surface area contributed by atoms with E-state index < -0.39 is 40.0 Å². The van der Waals surface area contributed by atoms with E-state index in [0.717, 1.165) is 18.5 Å². The van der Waals surface area contributed by atoms with Gasteiger partial charge in [-0.1, -0.05) is 25.0 Å². The summed E-state index contributed by atoms with van der Waals surface area (Å²) in [6.07, 6.45) is -1.16. The lowest BCUT2D eigenvalue weighted by Crippen LogP contribution is -2.42. The summed E-state index contributed by atoms with van der Waals surface area (Å²) in [5, 5.41) is 12.2. The van der Waals surface area contributed by atoms with Crippen LogP contribution in [0.4, 0.5) is 18.9 Å². The number of aromatic nitrogens is 1. The molecule has 2 saturated carbocycles. The number of rotatable bonds is 5. The van der Waals surface area contributed by atoms with E-state index in [2.05, 4.69) is 16.4 Å². The largest absolute Gasteiger partial charge is 0.468 e. The Morgan fingerprint density at radius 2 is 1.81 bits per heavy atom. The number of nitrogens with one attached hydrogen (secondary N) is 1. The highest BCUT2D eigenvalue weighted by Crippen LogP contribution is 2.46. The number of carbonyl (C=O) groups excluding carboxylic acids is 1. The van der Waals surface area contributed by atoms with Crippen LogP contribution in [0.3, 0.4) is 0 Å². The Bertz CT molecular complexity index is 1190. The fraction of sp³-hybridized carbons (Fsp3) is 0.560. The molecule has 2 heterocycles. The maximum atomic E-state index is 13.6. The van der Waals surface area contributed by atoms with E-state index in [9.17, 15) is 32.3 Å². The SMILES string of the molecule is N#CC1(NC(=O)[C@@H]2CCCC[C@H]2c2oc(C(F)(F)F)nc2-c2ccc(N3CCS(O)(O)CC3)cc2)CC1. The van der Waals surface area contributed by atoms with E-state index in [0.29, 0.717) is 44.3 Å². The molecular weight excluding hydrogens is 509 g/mol. The van der Waals surface area contributed by atoms with Crippen molar-refractivity contribution in [2.24, 2.45) is 5.92 Å². The molecule has 1 aliphatic heterocycles. The van der Waals surface area contributed by atoms with Gasteiger partial charge in [0.2, 0.25) is 5.91 Å². The van der Waals surface area contributed by atoms with Gasteiger partial charge in [-0.25, -0.2) is 4.98 Å². The molecule has 0 spiro atoms. The summed E-state index contributed by atoms with van der Waals surface area (Å²) < 4.78 is 66.0. The molecule has 1 aromatic carbocycles. The maximum absolute atomic E-state index is 13.6. The number of carbonyl (C=O) groups is 1. The van der Waals surface area contributed by atoms with E-state index in [-0.39, 0.29) is 28.9 Å². The van der Waals surface area contributed by atoms with Crippen molar-refractivity contribution in [3.05, 3.63) is 35.9 Å². The number of oxazole rings is 1. The summed E-state index contributed by atoms with van der Waals surface area (Å²) in [5.41, 5.74) is 0.469. The Hall–Kier alpha value is -2.75. The molecule has 2 aliphatic carbocycles. The van der Waals surface area contributed by atoms with Crippen LogP contribution in [0.25, 0.3) is 11.3 Å². The first-order valence-corrected chi connectivity index (χ1v) is 14.3. The summed E-state index contributed by atoms with van der Waals surface area (Å²) in [7, 11) is -2.55. The van der Waals surface area contributed by atoms with Crippen molar-refractivity contribution >= 4 is 22.2 Å².